The van der Waals surface area contributed by atoms with Gasteiger partial charge in [-0.25, -0.2) is 0 Å². The molecule has 0 spiro atoms. The molecule has 0 radical (unpaired) electrons. The third-order valence-electron chi connectivity index (χ3n) is 3.69. The van der Waals surface area contributed by atoms with Crippen LogP contribution in [0.3, 0.4) is 0 Å². The molecule has 1 saturated heterocycles. The van der Waals surface area contributed by atoms with Crippen LogP contribution < -0.4 is 0 Å². The normalized spacial score (nSPS) is 20.8. The Bertz CT molecular complexity index is 226. The van der Waals surface area contributed by atoms with Crippen molar-refractivity contribution < 1.29 is 10.2 Å². The third-order valence-corrected chi connectivity index (χ3v) is 3.69. The number of aliphatic hydroxyl groups excluding tert-OH is 2. The quantitative estimate of drug-likeness (QED) is 0.751. The molecule has 1 rings (SSSR count). The fourth-order valence-corrected chi connectivity index (χ4v) is 2.27. The summed E-state index contributed by atoms with van der Waals surface area (Å²) >= 11 is 0. The van der Waals surface area contributed by atoms with E-state index >= 15 is 0 Å². The lowest BCUT2D eigenvalue weighted by atomic mass is 9.92. The van der Waals surface area contributed by atoms with Crippen molar-refractivity contribution in [2.75, 3.05) is 45.9 Å². The number of rotatable bonds is 4. The molecule has 0 aliphatic carbocycles. The van der Waals surface area contributed by atoms with E-state index in [2.05, 4.69) is 30.6 Å². The van der Waals surface area contributed by atoms with Crippen LogP contribution in [-0.2, 0) is 0 Å². The van der Waals surface area contributed by atoms with Crippen LogP contribution in [-0.4, -0.2) is 71.5 Å². The summed E-state index contributed by atoms with van der Waals surface area (Å²) in [4.78, 5) is 4.83. The van der Waals surface area contributed by atoms with Crippen molar-refractivity contribution in [2.45, 2.75) is 33.2 Å². The first kappa shape index (κ1) is 14.9. The van der Waals surface area contributed by atoms with Gasteiger partial charge in [0.25, 0.3) is 0 Å². The summed E-state index contributed by atoms with van der Waals surface area (Å²) in [5.41, 5.74) is -0.132. The van der Waals surface area contributed by atoms with Gasteiger partial charge in [0.2, 0.25) is 0 Å². The van der Waals surface area contributed by atoms with Gasteiger partial charge in [0, 0.05) is 43.7 Å². The summed E-state index contributed by atoms with van der Waals surface area (Å²) in [6, 6.07) is 0. The molecule has 0 saturated carbocycles. The Morgan fingerprint density at radius 3 is 1.71 bits per heavy atom. The molecule has 0 bridgehead atoms. The number of aliphatic hydroxyl groups is 2. The molecule has 2 N–H and O–H groups in total. The molecule has 1 heterocycles. The van der Waals surface area contributed by atoms with Crippen molar-refractivity contribution in [3.8, 4) is 0 Å². The highest BCUT2D eigenvalue weighted by atomic mass is 16.3. The minimum absolute atomic E-state index is 0.0446. The first-order chi connectivity index (χ1) is 7.80. The summed E-state index contributed by atoms with van der Waals surface area (Å²) in [5.74, 6) is 0. The molecular formula is C13H28N2O2. The molecule has 17 heavy (non-hydrogen) atoms. The van der Waals surface area contributed by atoms with Crippen molar-refractivity contribution in [3.63, 3.8) is 0 Å². The molecule has 1 fully saturated rings. The predicted molar refractivity (Wildman–Crippen MR) is 70.0 cm³/mol. The Labute approximate surface area is 105 Å². The van der Waals surface area contributed by atoms with E-state index in [4.69, 9.17) is 0 Å². The van der Waals surface area contributed by atoms with Crippen molar-refractivity contribution in [1.29, 1.82) is 0 Å². The molecule has 0 aromatic heterocycles. The van der Waals surface area contributed by atoms with Gasteiger partial charge in [-0.2, -0.15) is 0 Å². The van der Waals surface area contributed by atoms with Crippen LogP contribution in [0.1, 0.15) is 27.7 Å². The van der Waals surface area contributed by atoms with Crippen molar-refractivity contribution >= 4 is 0 Å². The molecule has 4 heteroatoms. The SMILES string of the molecule is CC(CO)(CO)CN1CCN(C(C)(C)C)CC1. The van der Waals surface area contributed by atoms with Crippen LogP contribution in [0.2, 0.25) is 0 Å². The Kier molecular flexibility index (Phi) is 4.95. The second-order valence-corrected chi connectivity index (χ2v) is 6.56. The zero-order valence-electron chi connectivity index (χ0n) is 11.7. The standard InChI is InChI=1S/C13H28N2O2/c1-12(2,3)15-7-5-14(6-8-15)9-13(4,10-16)11-17/h16-17H,5-11H2,1-4H3. The molecule has 0 amide bonds. The minimum atomic E-state index is -0.371. The lowest BCUT2D eigenvalue weighted by molar-refractivity contribution is 0.00374. The highest BCUT2D eigenvalue weighted by Gasteiger charge is 2.30. The van der Waals surface area contributed by atoms with E-state index in [0.29, 0.717) is 0 Å². The van der Waals surface area contributed by atoms with E-state index in [1.54, 1.807) is 0 Å². The molecule has 4 nitrogen and oxygen atoms in total. The number of piperazine rings is 1. The lowest BCUT2D eigenvalue weighted by Gasteiger charge is -2.44. The summed E-state index contributed by atoms with van der Waals surface area (Å²) < 4.78 is 0. The maximum Gasteiger partial charge on any atom is 0.0519 e. The van der Waals surface area contributed by atoms with Crippen molar-refractivity contribution in [1.82, 2.24) is 9.80 Å². The van der Waals surface area contributed by atoms with Gasteiger partial charge >= 0.3 is 0 Å². The lowest BCUT2D eigenvalue weighted by Crippen LogP contribution is -2.55. The van der Waals surface area contributed by atoms with Gasteiger partial charge in [-0.1, -0.05) is 6.92 Å². The van der Waals surface area contributed by atoms with Gasteiger partial charge in [-0.15, -0.1) is 0 Å². The van der Waals surface area contributed by atoms with E-state index in [1.165, 1.54) is 0 Å². The zero-order valence-corrected chi connectivity index (χ0v) is 11.7. The average molecular weight is 244 g/mol. The van der Waals surface area contributed by atoms with Crippen LogP contribution in [0, 0.1) is 5.41 Å². The largest absolute Gasteiger partial charge is 0.396 e. The van der Waals surface area contributed by atoms with Crippen LogP contribution in [0.15, 0.2) is 0 Å². The van der Waals surface area contributed by atoms with Crippen molar-refractivity contribution in [3.05, 3.63) is 0 Å². The highest BCUT2D eigenvalue weighted by molar-refractivity contribution is 4.85. The second kappa shape index (κ2) is 5.65. The molecule has 0 atom stereocenters. The van der Waals surface area contributed by atoms with Crippen LogP contribution in [0.5, 0.6) is 0 Å². The molecule has 0 aromatic rings. The van der Waals surface area contributed by atoms with E-state index < -0.39 is 0 Å². The Hall–Kier alpha value is -0.160. The fraction of sp³-hybridized carbons (Fsp3) is 1.00. The van der Waals surface area contributed by atoms with Gasteiger partial charge in [0.05, 0.1) is 13.2 Å². The average Bonchev–Trinajstić information content (AvgIpc) is 2.28. The topological polar surface area (TPSA) is 46.9 Å². The molecule has 1 aliphatic heterocycles. The third kappa shape index (κ3) is 4.21. The van der Waals surface area contributed by atoms with Gasteiger partial charge in [-0.3, -0.25) is 4.90 Å². The Morgan fingerprint density at radius 2 is 1.35 bits per heavy atom. The summed E-state index contributed by atoms with van der Waals surface area (Å²) in [5, 5.41) is 18.6. The summed E-state index contributed by atoms with van der Waals surface area (Å²) in [7, 11) is 0. The first-order valence-electron chi connectivity index (χ1n) is 6.50. The molecule has 1 aliphatic rings. The van der Waals surface area contributed by atoms with E-state index in [9.17, 15) is 10.2 Å². The summed E-state index contributed by atoms with van der Waals surface area (Å²) in [6.07, 6.45) is 0. The number of hydrogen-bond donors (Lipinski definition) is 2. The molecule has 0 aromatic carbocycles. The zero-order chi connectivity index (χ0) is 13.1. The monoisotopic (exact) mass is 244 g/mol. The number of hydrogen-bond acceptors (Lipinski definition) is 4. The molecular weight excluding hydrogens is 216 g/mol. The first-order valence-corrected chi connectivity index (χ1v) is 6.50. The Morgan fingerprint density at radius 1 is 0.882 bits per heavy atom. The predicted octanol–water partition coefficient (Wildman–Crippen LogP) is 0.393. The van der Waals surface area contributed by atoms with E-state index in [0.717, 1.165) is 32.7 Å². The highest BCUT2D eigenvalue weighted by Crippen LogP contribution is 2.20. The van der Waals surface area contributed by atoms with E-state index in [1.807, 2.05) is 6.92 Å². The maximum atomic E-state index is 9.30. The second-order valence-electron chi connectivity index (χ2n) is 6.56. The number of nitrogens with zero attached hydrogens (tertiary/aromatic N) is 2. The van der Waals surface area contributed by atoms with Gasteiger partial charge < -0.3 is 15.1 Å². The summed E-state index contributed by atoms with van der Waals surface area (Å²) in [6.45, 7) is 13.7. The Balaban J connectivity index is 2.42. The van der Waals surface area contributed by atoms with Crippen LogP contribution in [0.25, 0.3) is 0 Å². The molecule has 0 unspecified atom stereocenters. The minimum Gasteiger partial charge on any atom is -0.396 e. The van der Waals surface area contributed by atoms with Crippen LogP contribution >= 0.6 is 0 Å². The van der Waals surface area contributed by atoms with Gasteiger partial charge in [-0.05, 0) is 20.8 Å². The fourth-order valence-electron chi connectivity index (χ4n) is 2.27. The maximum absolute atomic E-state index is 9.30. The van der Waals surface area contributed by atoms with Crippen molar-refractivity contribution in [2.24, 2.45) is 5.41 Å². The smallest absolute Gasteiger partial charge is 0.0519 e. The van der Waals surface area contributed by atoms with Gasteiger partial charge in [0.1, 0.15) is 0 Å². The van der Waals surface area contributed by atoms with E-state index in [-0.39, 0.29) is 24.2 Å². The van der Waals surface area contributed by atoms with Gasteiger partial charge in [0.15, 0.2) is 0 Å². The van der Waals surface area contributed by atoms with Crippen LogP contribution in [0.4, 0.5) is 0 Å². The molecule has 102 valence electrons.